The summed E-state index contributed by atoms with van der Waals surface area (Å²) in [7, 11) is 0. The highest BCUT2D eigenvalue weighted by molar-refractivity contribution is 6.14. The third kappa shape index (κ3) is 9.39. The molecule has 0 fully saturated rings. The molecule has 0 saturated carbocycles. The molecule has 0 amide bonds. The molecule has 0 spiro atoms. The number of rotatable bonds is 11. The van der Waals surface area contributed by atoms with Gasteiger partial charge >= 0.3 is 0 Å². The molecule has 18 aromatic rings. The summed E-state index contributed by atoms with van der Waals surface area (Å²) < 4.78 is 7.28. The maximum Gasteiger partial charge on any atom is 0.0717 e. The van der Waals surface area contributed by atoms with Crippen LogP contribution < -0.4 is 0 Å². The van der Waals surface area contributed by atoms with E-state index in [1.165, 1.54) is 54.4 Å². The summed E-state index contributed by atoms with van der Waals surface area (Å²) in [5, 5.41) is 7.34. The Balaban J connectivity index is 0.758. The Morgan fingerprint density at radius 3 is 0.720 bits per heavy atom. The number of benzene rings is 12. The van der Waals surface area contributed by atoms with Crippen LogP contribution in [0.25, 0.3) is 172 Å². The van der Waals surface area contributed by atoms with E-state index < -0.39 is 0 Å². The molecule has 0 atom stereocenters. The maximum atomic E-state index is 5.59. The van der Waals surface area contributed by atoms with Crippen LogP contribution in [0.3, 0.4) is 0 Å². The SMILES string of the molecule is c1ccc(-c2cc(-c3cc(-c4ccc(-c5ccc(-n6c7ccc(-n8c9ccccc9c9ccccc98)cc7c7cc(-n8c9ccccc9c9ccccc98)ccc76)cc5)cc4)cc(-c4cc(-c5ccccc5)nc(-c5ccccc5)c4)n3)cc(-c3ccccc3)n2)cc1. The van der Waals surface area contributed by atoms with Crippen LogP contribution in [0.4, 0.5) is 0 Å². The zero-order valence-electron chi connectivity index (χ0n) is 50.5. The topological polar surface area (TPSA) is 53.5 Å². The van der Waals surface area contributed by atoms with E-state index in [-0.39, 0.29) is 0 Å². The third-order valence-electron chi connectivity index (χ3n) is 18.4. The van der Waals surface area contributed by atoms with E-state index in [2.05, 4.69) is 329 Å². The number of hydrogen-bond acceptors (Lipinski definition) is 3. The monoisotopic (exact) mass is 1180 g/mol. The number of nitrogens with zero attached hydrogens (tertiary/aromatic N) is 6. The Morgan fingerprint density at radius 1 is 0.151 bits per heavy atom. The van der Waals surface area contributed by atoms with Crippen molar-refractivity contribution in [3.8, 4) is 107 Å². The van der Waals surface area contributed by atoms with Crippen LogP contribution in [-0.4, -0.2) is 28.7 Å². The van der Waals surface area contributed by atoms with Crippen molar-refractivity contribution in [3.63, 3.8) is 0 Å². The molecule has 0 bridgehead atoms. The number of fused-ring (bicyclic) bond motifs is 9. The molecule has 0 aliphatic carbocycles. The molecular weight excluding hydrogens is 1130 g/mol. The van der Waals surface area contributed by atoms with Crippen LogP contribution in [0.1, 0.15) is 0 Å². The van der Waals surface area contributed by atoms with Gasteiger partial charge in [0.25, 0.3) is 0 Å². The summed E-state index contributed by atoms with van der Waals surface area (Å²) in [4.78, 5) is 16.1. The number of para-hydroxylation sites is 4. The van der Waals surface area contributed by atoms with E-state index in [0.29, 0.717) is 0 Å². The summed E-state index contributed by atoms with van der Waals surface area (Å²) in [6, 6.07) is 122. The van der Waals surface area contributed by atoms with Gasteiger partial charge in [0.15, 0.2) is 0 Å². The van der Waals surface area contributed by atoms with Crippen LogP contribution in [0.2, 0.25) is 0 Å². The molecule has 0 saturated heterocycles. The second kappa shape index (κ2) is 22.2. The van der Waals surface area contributed by atoms with Crippen LogP contribution in [-0.2, 0) is 0 Å². The van der Waals surface area contributed by atoms with Gasteiger partial charge in [0.2, 0.25) is 0 Å². The lowest BCUT2D eigenvalue weighted by Gasteiger charge is -2.15. The zero-order chi connectivity index (χ0) is 61.3. The molecule has 0 aliphatic heterocycles. The minimum Gasteiger partial charge on any atom is -0.309 e. The first-order valence-corrected chi connectivity index (χ1v) is 31.6. The van der Waals surface area contributed by atoms with Crippen molar-refractivity contribution in [2.75, 3.05) is 0 Å². The first kappa shape index (κ1) is 53.5. The van der Waals surface area contributed by atoms with Gasteiger partial charge in [-0.25, -0.2) is 15.0 Å². The molecule has 18 rings (SSSR count). The van der Waals surface area contributed by atoms with Crippen LogP contribution in [0.15, 0.2) is 340 Å². The highest BCUT2D eigenvalue weighted by Gasteiger charge is 2.21. The number of aromatic nitrogens is 6. The predicted octanol–water partition coefficient (Wildman–Crippen LogP) is 22.5. The van der Waals surface area contributed by atoms with Gasteiger partial charge < -0.3 is 13.7 Å². The van der Waals surface area contributed by atoms with Gasteiger partial charge in [-0.2, -0.15) is 0 Å². The van der Waals surface area contributed by atoms with Gasteiger partial charge in [0.1, 0.15) is 0 Å². The number of pyridine rings is 3. The maximum absolute atomic E-state index is 5.59. The Hall–Kier alpha value is -12.5. The molecule has 93 heavy (non-hydrogen) atoms. The third-order valence-corrected chi connectivity index (χ3v) is 18.4. The Morgan fingerprint density at radius 2 is 0.387 bits per heavy atom. The molecule has 0 aliphatic rings. The molecule has 6 heterocycles. The highest BCUT2D eigenvalue weighted by Crippen LogP contribution is 2.42. The number of hydrogen-bond donors (Lipinski definition) is 0. The minimum absolute atomic E-state index is 0.842. The van der Waals surface area contributed by atoms with Crippen molar-refractivity contribution in [2.24, 2.45) is 0 Å². The van der Waals surface area contributed by atoms with E-state index in [0.717, 1.165) is 118 Å². The fourth-order valence-electron chi connectivity index (χ4n) is 14.0. The largest absolute Gasteiger partial charge is 0.309 e. The summed E-state index contributed by atoms with van der Waals surface area (Å²) in [6.07, 6.45) is 0. The highest BCUT2D eigenvalue weighted by atomic mass is 15.0. The van der Waals surface area contributed by atoms with Gasteiger partial charge in [0, 0.05) is 82.8 Å². The molecule has 6 heteroatoms. The molecule has 6 aromatic heterocycles. The van der Waals surface area contributed by atoms with Gasteiger partial charge in [-0.3, -0.25) is 0 Å². The smallest absolute Gasteiger partial charge is 0.0717 e. The molecule has 6 nitrogen and oxygen atoms in total. The normalized spacial score (nSPS) is 11.7. The Bertz CT molecular complexity index is 5350. The fraction of sp³-hybridized carbons (Fsp3) is 0. The second-order valence-electron chi connectivity index (χ2n) is 23.9. The Kier molecular flexibility index (Phi) is 12.8. The second-order valence-corrected chi connectivity index (χ2v) is 23.9. The van der Waals surface area contributed by atoms with E-state index >= 15 is 0 Å². The van der Waals surface area contributed by atoms with Crippen molar-refractivity contribution in [3.05, 3.63) is 340 Å². The van der Waals surface area contributed by atoms with Gasteiger partial charge in [-0.1, -0.05) is 231 Å². The van der Waals surface area contributed by atoms with Crippen LogP contribution in [0, 0.1) is 0 Å². The van der Waals surface area contributed by atoms with Crippen molar-refractivity contribution < 1.29 is 0 Å². The lowest BCUT2D eigenvalue weighted by molar-refractivity contribution is 1.16. The Labute approximate surface area is 537 Å². The van der Waals surface area contributed by atoms with E-state index in [1.54, 1.807) is 0 Å². The van der Waals surface area contributed by atoms with Crippen molar-refractivity contribution >= 4 is 65.4 Å². The van der Waals surface area contributed by atoms with Gasteiger partial charge in [-0.15, -0.1) is 0 Å². The molecular formula is C87H56N6. The predicted molar refractivity (Wildman–Crippen MR) is 386 cm³/mol. The standard InChI is InChI=1S/C87H56N6/c1-5-21-60(22-6-1)76-51-65(52-77(88-76)61-23-7-2-8-24-61)80-49-64(50-81(90-80)66-53-78(62-25-9-3-10-26-62)89-79(54-66)63-27-11-4-12-28-63)59-39-37-57(38-40-59)58-41-43-67(44-42-58)91-86-47-45-68(92-82-33-17-13-29-70(82)71-30-14-18-34-83(71)92)55-74(86)75-56-69(46-48-87(75)91)93-84-35-19-15-31-72(84)73-32-16-20-36-85(73)93/h1-56H. The summed E-state index contributed by atoms with van der Waals surface area (Å²) in [5.41, 5.74) is 26.0. The summed E-state index contributed by atoms with van der Waals surface area (Å²) >= 11 is 0. The van der Waals surface area contributed by atoms with Gasteiger partial charge in [-0.05, 0) is 131 Å². The van der Waals surface area contributed by atoms with Crippen molar-refractivity contribution in [2.45, 2.75) is 0 Å². The van der Waals surface area contributed by atoms with Crippen molar-refractivity contribution in [1.29, 1.82) is 0 Å². The first-order chi connectivity index (χ1) is 46.1. The van der Waals surface area contributed by atoms with Gasteiger partial charge in [0.05, 0.1) is 67.3 Å². The molecule has 12 aromatic carbocycles. The van der Waals surface area contributed by atoms with Crippen molar-refractivity contribution in [1.82, 2.24) is 28.7 Å². The minimum atomic E-state index is 0.842. The van der Waals surface area contributed by atoms with E-state index in [9.17, 15) is 0 Å². The fourth-order valence-corrected chi connectivity index (χ4v) is 14.0. The lowest BCUT2D eigenvalue weighted by atomic mass is 9.96. The molecule has 0 N–H and O–H groups in total. The van der Waals surface area contributed by atoms with E-state index in [4.69, 9.17) is 15.0 Å². The zero-order valence-corrected chi connectivity index (χ0v) is 50.5. The molecule has 0 radical (unpaired) electrons. The molecule has 434 valence electrons. The summed E-state index contributed by atoms with van der Waals surface area (Å²) in [6.45, 7) is 0. The molecule has 0 unspecified atom stereocenters. The van der Waals surface area contributed by atoms with Crippen LogP contribution in [0.5, 0.6) is 0 Å². The van der Waals surface area contributed by atoms with Crippen LogP contribution >= 0.6 is 0 Å². The quantitative estimate of drug-likeness (QED) is 0.130. The average molecular weight is 1190 g/mol. The lowest BCUT2D eigenvalue weighted by Crippen LogP contribution is -1.96. The average Bonchev–Trinajstić information content (AvgIpc) is 1.60. The summed E-state index contributed by atoms with van der Waals surface area (Å²) in [5.74, 6) is 0. The first-order valence-electron chi connectivity index (χ1n) is 31.6. The van der Waals surface area contributed by atoms with E-state index in [1.807, 2.05) is 24.3 Å².